The van der Waals surface area contributed by atoms with Crippen molar-refractivity contribution in [2.45, 2.75) is 13.0 Å². The first-order chi connectivity index (χ1) is 12.0. The average Bonchev–Trinajstić information content (AvgIpc) is 3.14. The minimum Gasteiger partial charge on any atom is -0.493 e. The summed E-state index contributed by atoms with van der Waals surface area (Å²) in [6, 6.07) is 6.86. The van der Waals surface area contributed by atoms with Crippen LogP contribution in [0.15, 0.2) is 34.6 Å². The van der Waals surface area contributed by atoms with Gasteiger partial charge in [0.25, 0.3) is 5.91 Å². The van der Waals surface area contributed by atoms with Crippen LogP contribution in [0.1, 0.15) is 28.2 Å². The van der Waals surface area contributed by atoms with Crippen molar-refractivity contribution in [3.05, 3.63) is 40.1 Å². The maximum Gasteiger partial charge on any atom is 0.258 e. The fourth-order valence-electron chi connectivity index (χ4n) is 2.23. The van der Waals surface area contributed by atoms with Crippen molar-refractivity contribution in [1.29, 1.82) is 0 Å². The van der Waals surface area contributed by atoms with Gasteiger partial charge in [0.15, 0.2) is 17.5 Å². The van der Waals surface area contributed by atoms with Gasteiger partial charge >= 0.3 is 0 Å². The zero-order chi connectivity index (χ0) is 18.4. The van der Waals surface area contributed by atoms with Gasteiger partial charge in [-0.3, -0.25) is 10.1 Å². The quantitative estimate of drug-likeness (QED) is 0.607. The number of thiophene rings is 1. The Labute approximate surface area is 150 Å². The van der Waals surface area contributed by atoms with Crippen LogP contribution in [0.25, 0.3) is 0 Å². The van der Waals surface area contributed by atoms with Gasteiger partial charge in [0.1, 0.15) is 0 Å². The van der Waals surface area contributed by atoms with Crippen LogP contribution in [0.3, 0.4) is 0 Å². The summed E-state index contributed by atoms with van der Waals surface area (Å²) in [4.78, 5) is 17.8. The number of methoxy groups -OCH3 is 3. The van der Waals surface area contributed by atoms with Crippen LogP contribution in [0, 0.1) is 0 Å². The molecule has 25 heavy (non-hydrogen) atoms. The van der Waals surface area contributed by atoms with Gasteiger partial charge in [-0.25, -0.2) is 4.99 Å². The number of aliphatic imine (C=N–C) groups is 1. The molecule has 0 aliphatic heterocycles. The van der Waals surface area contributed by atoms with Crippen LogP contribution in [-0.4, -0.2) is 33.2 Å². The largest absolute Gasteiger partial charge is 0.493 e. The second-order valence-electron chi connectivity index (χ2n) is 5.07. The number of nitrogens with zero attached hydrogens (tertiary/aromatic N) is 1. The minimum absolute atomic E-state index is 0.0413. The van der Waals surface area contributed by atoms with Crippen molar-refractivity contribution >= 4 is 23.2 Å². The summed E-state index contributed by atoms with van der Waals surface area (Å²) >= 11 is 1.58. The van der Waals surface area contributed by atoms with E-state index in [1.165, 1.54) is 21.3 Å². The number of hydrogen-bond acceptors (Lipinski definition) is 6. The van der Waals surface area contributed by atoms with Gasteiger partial charge in [0, 0.05) is 10.4 Å². The lowest BCUT2D eigenvalue weighted by Gasteiger charge is -2.14. The zero-order valence-corrected chi connectivity index (χ0v) is 15.3. The first-order valence-corrected chi connectivity index (χ1v) is 8.36. The summed E-state index contributed by atoms with van der Waals surface area (Å²) in [6.07, 6.45) is 0. The molecule has 1 unspecified atom stereocenters. The summed E-state index contributed by atoms with van der Waals surface area (Å²) in [7, 11) is 4.46. The lowest BCUT2D eigenvalue weighted by Crippen LogP contribution is -2.37. The maximum atomic E-state index is 12.4. The molecule has 0 aliphatic rings. The number of hydrogen-bond donors (Lipinski definition) is 2. The van der Waals surface area contributed by atoms with E-state index in [1.807, 2.05) is 24.4 Å². The van der Waals surface area contributed by atoms with E-state index >= 15 is 0 Å². The molecular weight excluding hydrogens is 342 g/mol. The maximum absolute atomic E-state index is 12.4. The number of carbonyl (C=O) groups is 1. The predicted molar refractivity (Wildman–Crippen MR) is 97.9 cm³/mol. The molecule has 0 aliphatic carbocycles. The Morgan fingerprint density at radius 3 is 2.32 bits per heavy atom. The number of guanidine groups is 1. The van der Waals surface area contributed by atoms with Crippen molar-refractivity contribution < 1.29 is 19.0 Å². The molecule has 0 fully saturated rings. The number of rotatable bonds is 6. The number of carbonyl (C=O) groups excluding carboxylic acids is 1. The Morgan fingerprint density at radius 1 is 1.20 bits per heavy atom. The molecular formula is C17H21N3O4S. The monoisotopic (exact) mass is 363 g/mol. The van der Waals surface area contributed by atoms with E-state index < -0.39 is 5.91 Å². The van der Waals surface area contributed by atoms with E-state index in [0.29, 0.717) is 22.8 Å². The molecule has 2 aromatic rings. The van der Waals surface area contributed by atoms with E-state index in [2.05, 4.69) is 10.3 Å². The molecule has 1 atom stereocenters. The van der Waals surface area contributed by atoms with Crippen molar-refractivity contribution in [2.75, 3.05) is 21.3 Å². The summed E-state index contributed by atoms with van der Waals surface area (Å²) in [6.45, 7) is 1.91. The van der Waals surface area contributed by atoms with Crippen LogP contribution in [0.5, 0.6) is 17.2 Å². The van der Waals surface area contributed by atoms with Gasteiger partial charge in [-0.2, -0.15) is 0 Å². The lowest BCUT2D eigenvalue weighted by molar-refractivity contribution is 0.0975. The number of nitrogens with two attached hydrogens (primary N) is 1. The smallest absolute Gasteiger partial charge is 0.258 e. The van der Waals surface area contributed by atoms with E-state index in [-0.39, 0.29) is 12.0 Å². The van der Waals surface area contributed by atoms with E-state index in [1.54, 1.807) is 23.5 Å². The molecule has 0 saturated heterocycles. The normalized spacial score (nSPS) is 12.4. The van der Waals surface area contributed by atoms with Gasteiger partial charge in [-0.15, -0.1) is 11.3 Å². The number of amides is 1. The highest BCUT2D eigenvalue weighted by Crippen LogP contribution is 2.38. The average molecular weight is 363 g/mol. The van der Waals surface area contributed by atoms with Crippen molar-refractivity contribution in [2.24, 2.45) is 10.7 Å². The first kappa shape index (κ1) is 18.6. The molecule has 1 amide bonds. The molecule has 134 valence electrons. The van der Waals surface area contributed by atoms with Gasteiger partial charge in [0.05, 0.1) is 27.4 Å². The Bertz CT molecular complexity index is 734. The summed E-state index contributed by atoms with van der Waals surface area (Å²) in [5.41, 5.74) is 6.17. The fourth-order valence-corrected chi connectivity index (χ4v) is 2.96. The molecule has 1 heterocycles. The molecule has 3 N–H and O–H groups in total. The molecule has 1 aromatic heterocycles. The number of ether oxygens (including phenoxy) is 3. The van der Waals surface area contributed by atoms with Crippen LogP contribution in [0.4, 0.5) is 0 Å². The third-order valence-corrected chi connectivity index (χ3v) is 4.50. The summed E-state index contributed by atoms with van der Waals surface area (Å²) in [5, 5.41) is 4.53. The van der Waals surface area contributed by atoms with Crippen molar-refractivity contribution in [1.82, 2.24) is 5.32 Å². The van der Waals surface area contributed by atoms with E-state index in [0.717, 1.165) is 4.88 Å². The van der Waals surface area contributed by atoms with Crippen LogP contribution < -0.4 is 25.3 Å². The standard InChI is InChI=1S/C17H21N3O4S/c1-10(14-6-5-7-25-14)19-17(18)20-16(21)11-8-12(22-2)15(24-4)13(9-11)23-3/h5-10H,1-4H3,(H3,18,19,20,21). The van der Waals surface area contributed by atoms with Crippen LogP contribution in [0.2, 0.25) is 0 Å². The second kappa shape index (κ2) is 8.39. The fraction of sp³-hybridized carbons (Fsp3) is 0.294. The number of benzene rings is 1. The number of nitrogens with one attached hydrogen (secondary N) is 1. The second-order valence-corrected chi connectivity index (χ2v) is 6.05. The zero-order valence-electron chi connectivity index (χ0n) is 14.5. The SMILES string of the molecule is COc1cc(C(=O)NC(N)=NC(C)c2cccs2)cc(OC)c1OC. The van der Waals surface area contributed by atoms with Crippen LogP contribution in [-0.2, 0) is 0 Å². The highest BCUT2D eigenvalue weighted by Gasteiger charge is 2.17. The Balaban J connectivity index is 2.20. The molecule has 8 heteroatoms. The van der Waals surface area contributed by atoms with Gasteiger partial charge in [-0.05, 0) is 30.5 Å². The lowest BCUT2D eigenvalue weighted by atomic mass is 10.1. The first-order valence-electron chi connectivity index (χ1n) is 7.48. The Hall–Kier alpha value is -2.74. The topological polar surface area (TPSA) is 95.2 Å². The minimum atomic E-state index is -0.418. The van der Waals surface area contributed by atoms with Gasteiger partial charge in [0.2, 0.25) is 5.75 Å². The third-order valence-electron chi connectivity index (χ3n) is 3.46. The molecule has 0 radical (unpaired) electrons. The Morgan fingerprint density at radius 2 is 1.84 bits per heavy atom. The molecule has 0 spiro atoms. The summed E-state index contributed by atoms with van der Waals surface area (Å²) in [5.74, 6) is 0.803. The molecule has 7 nitrogen and oxygen atoms in total. The summed E-state index contributed by atoms with van der Waals surface area (Å²) < 4.78 is 15.7. The molecule has 2 rings (SSSR count). The Kier molecular flexibility index (Phi) is 6.24. The van der Waals surface area contributed by atoms with E-state index in [4.69, 9.17) is 19.9 Å². The molecule has 1 aromatic carbocycles. The van der Waals surface area contributed by atoms with E-state index in [9.17, 15) is 4.79 Å². The highest BCUT2D eigenvalue weighted by molar-refractivity contribution is 7.10. The van der Waals surface area contributed by atoms with Crippen molar-refractivity contribution in [3.8, 4) is 17.2 Å². The van der Waals surface area contributed by atoms with Gasteiger partial charge < -0.3 is 19.9 Å². The molecule has 0 saturated carbocycles. The van der Waals surface area contributed by atoms with Gasteiger partial charge in [-0.1, -0.05) is 6.07 Å². The van der Waals surface area contributed by atoms with Crippen molar-refractivity contribution in [3.63, 3.8) is 0 Å². The highest BCUT2D eigenvalue weighted by atomic mass is 32.1. The third kappa shape index (κ3) is 4.42. The predicted octanol–water partition coefficient (Wildman–Crippen LogP) is 2.58. The van der Waals surface area contributed by atoms with Crippen LogP contribution >= 0.6 is 11.3 Å². The molecule has 0 bridgehead atoms.